The maximum Gasteiger partial charge on any atom is 0.335 e. The highest BCUT2D eigenvalue weighted by Gasteiger charge is 2.29. The molecule has 1 aliphatic rings. The molecule has 1 N–H and O–H groups in total. The second-order valence-corrected chi connectivity index (χ2v) is 3.51. The molecule has 0 amide bonds. The third-order valence-corrected chi connectivity index (χ3v) is 2.08. The molecule has 0 radical (unpaired) electrons. The van der Waals surface area contributed by atoms with E-state index in [2.05, 4.69) is 6.58 Å². The highest BCUT2D eigenvalue weighted by molar-refractivity contribution is 5.87. The van der Waals surface area contributed by atoms with E-state index >= 15 is 0 Å². The van der Waals surface area contributed by atoms with Gasteiger partial charge in [-0.1, -0.05) is 6.58 Å². The zero-order valence-corrected chi connectivity index (χ0v) is 8.56. The van der Waals surface area contributed by atoms with Crippen molar-refractivity contribution in [2.24, 2.45) is 0 Å². The number of carbonyl (C=O) groups excluding carboxylic acids is 1. The minimum absolute atomic E-state index is 0.274. The minimum Gasteiger partial charge on any atom is -0.479 e. The Balaban J connectivity index is 2.46. The molecule has 0 aliphatic carbocycles. The van der Waals surface area contributed by atoms with Crippen LogP contribution in [-0.2, 0) is 19.1 Å². The van der Waals surface area contributed by atoms with Gasteiger partial charge in [0.25, 0.3) is 0 Å². The van der Waals surface area contributed by atoms with Crippen LogP contribution in [0.5, 0.6) is 0 Å². The van der Waals surface area contributed by atoms with Crippen LogP contribution < -0.4 is 0 Å². The van der Waals surface area contributed by atoms with Crippen LogP contribution in [0.3, 0.4) is 0 Å². The molecule has 2 unspecified atom stereocenters. The van der Waals surface area contributed by atoms with Crippen molar-refractivity contribution in [1.82, 2.24) is 0 Å². The first-order valence-corrected chi connectivity index (χ1v) is 4.75. The predicted octanol–water partition coefficient (Wildman–Crippen LogP) is 1.09. The highest BCUT2D eigenvalue weighted by atomic mass is 16.7. The van der Waals surface area contributed by atoms with Crippen molar-refractivity contribution >= 4 is 11.9 Å². The molecule has 1 aliphatic heterocycles. The Bertz CT molecular complexity index is 284. The summed E-state index contributed by atoms with van der Waals surface area (Å²) in [5.41, 5.74) is 0.274. The molecule has 1 fully saturated rings. The van der Waals surface area contributed by atoms with Crippen molar-refractivity contribution in [2.45, 2.75) is 38.6 Å². The van der Waals surface area contributed by atoms with Crippen LogP contribution in [0, 0.1) is 0 Å². The van der Waals surface area contributed by atoms with Crippen LogP contribution in [0.25, 0.3) is 0 Å². The van der Waals surface area contributed by atoms with Gasteiger partial charge in [0.1, 0.15) is 0 Å². The SMILES string of the molecule is C=C(C)C(=O)OC1CCCC(C(=O)O)O1. The van der Waals surface area contributed by atoms with Gasteiger partial charge in [-0.15, -0.1) is 0 Å². The zero-order chi connectivity index (χ0) is 11.4. The molecular formula is C10H14O5. The first-order chi connectivity index (χ1) is 7.00. The van der Waals surface area contributed by atoms with Gasteiger partial charge in [-0.05, 0) is 19.8 Å². The van der Waals surface area contributed by atoms with Gasteiger partial charge >= 0.3 is 11.9 Å². The lowest BCUT2D eigenvalue weighted by Gasteiger charge is -2.27. The van der Waals surface area contributed by atoms with E-state index in [1.807, 2.05) is 0 Å². The number of rotatable bonds is 3. The fraction of sp³-hybridized carbons (Fsp3) is 0.600. The smallest absolute Gasteiger partial charge is 0.335 e. The Hall–Kier alpha value is -1.36. The van der Waals surface area contributed by atoms with Gasteiger partial charge in [-0.2, -0.15) is 0 Å². The predicted molar refractivity (Wildman–Crippen MR) is 51.1 cm³/mol. The van der Waals surface area contributed by atoms with Gasteiger partial charge in [-0.25, -0.2) is 9.59 Å². The molecule has 1 heterocycles. The third-order valence-electron chi connectivity index (χ3n) is 2.08. The van der Waals surface area contributed by atoms with Crippen molar-refractivity contribution in [1.29, 1.82) is 0 Å². The average molecular weight is 214 g/mol. The Morgan fingerprint density at radius 3 is 2.67 bits per heavy atom. The monoisotopic (exact) mass is 214 g/mol. The maximum absolute atomic E-state index is 11.1. The number of hydrogen-bond donors (Lipinski definition) is 1. The fourth-order valence-electron chi connectivity index (χ4n) is 1.28. The van der Waals surface area contributed by atoms with Crippen LogP contribution in [0.15, 0.2) is 12.2 Å². The minimum atomic E-state index is -1.02. The summed E-state index contributed by atoms with van der Waals surface area (Å²) in [4.78, 5) is 21.8. The Kier molecular flexibility index (Phi) is 3.85. The quantitative estimate of drug-likeness (QED) is 0.562. The third kappa shape index (κ3) is 3.36. The Morgan fingerprint density at radius 2 is 2.13 bits per heavy atom. The molecule has 5 nitrogen and oxygen atoms in total. The van der Waals surface area contributed by atoms with E-state index in [1.54, 1.807) is 0 Å². The van der Waals surface area contributed by atoms with Gasteiger partial charge in [-0.3, -0.25) is 0 Å². The fourth-order valence-corrected chi connectivity index (χ4v) is 1.28. The summed E-state index contributed by atoms with van der Waals surface area (Å²) in [7, 11) is 0. The molecule has 1 saturated heterocycles. The van der Waals surface area contributed by atoms with E-state index in [0.29, 0.717) is 19.3 Å². The first-order valence-electron chi connectivity index (χ1n) is 4.75. The maximum atomic E-state index is 11.1. The van der Waals surface area contributed by atoms with E-state index in [1.165, 1.54) is 6.92 Å². The molecule has 0 saturated carbocycles. The number of carbonyl (C=O) groups is 2. The van der Waals surface area contributed by atoms with Crippen LogP contribution in [0.4, 0.5) is 0 Å². The van der Waals surface area contributed by atoms with Crippen molar-refractivity contribution in [3.05, 3.63) is 12.2 Å². The molecule has 0 bridgehead atoms. The van der Waals surface area contributed by atoms with E-state index in [0.717, 1.165) is 0 Å². The zero-order valence-electron chi connectivity index (χ0n) is 8.56. The molecule has 84 valence electrons. The van der Waals surface area contributed by atoms with Gasteiger partial charge in [0, 0.05) is 12.0 Å². The molecule has 0 aromatic rings. The second kappa shape index (κ2) is 4.93. The van der Waals surface area contributed by atoms with Crippen molar-refractivity contribution in [2.75, 3.05) is 0 Å². The van der Waals surface area contributed by atoms with Gasteiger partial charge in [0.2, 0.25) is 6.29 Å². The number of aliphatic carboxylic acids is 1. The first kappa shape index (κ1) is 11.7. The average Bonchev–Trinajstić information content (AvgIpc) is 2.18. The summed E-state index contributed by atoms with van der Waals surface area (Å²) in [5.74, 6) is -1.57. The van der Waals surface area contributed by atoms with E-state index < -0.39 is 24.3 Å². The molecule has 2 atom stereocenters. The number of carboxylic acids is 1. The van der Waals surface area contributed by atoms with E-state index in [4.69, 9.17) is 14.6 Å². The normalized spacial score (nSPS) is 25.7. The lowest BCUT2D eigenvalue weighted by Crippen LogP contribution is -2.36. The van der Waals surface area contributed by atoms with Gasteiger partial charge < -0.3 is 14.6 Å². The second-order valence-electron chi connectivity index (χ2n) is 3.51. The number of carboxylic acid groups (broad SMARTS) is 1. The van der Waals surface area contributed by atoms with E-state index in [9.17, 15) is 9.59 Å². The molecule has 0 aromatic heterocycles. The highest BCUT2D eigenvalue weighted by Crippen LogP contribution is 2.20. The van der Waals surface area contributed by atoms with Gasteiger partial charge in [0.15, 0.2) is 6.10 Å². The molecule has 0 spiro atoms. The summed E-state index contributed by atoms with van der Waals surface area (Å²) in [6.07, 6.45) is 0.0235. The van der Waals surface area contributed by atoms with Crippen molar-refractivity contribution < 1.29 is 24.2 Å². The lowest BCUT2D eigenvalue weighted by molar-refractivity contribution is -0.207. The topological polar surface area (TPSA) is 72.8 Å². The molecule has 5 heteroatoms. The van der Waals surface area contributed by atoms with Crippen LogP contribution in [0.1, 0.15) is 26.2 Å². The molecular weight excluding hydrogens is 200 g/mol. The van der Waals surface area contributed by atoms with Gasteiger partial charge in [0.05, 0.1) is 0 Å². The largest absolute Gasteiger partial charge is 0.479 e. The Morgan fingerprint density at radius 1 is 1.47 bits per heavy atom. The summed E-state index contributed by atoms with van der Waals surface area (Å²) >= 11 is 0. The number of hydrogen-bond acceptors (Lipinski definition) is 4. The number of ether oxygens (including phenoxy) is 2. The van der Waals surface area contributed by atoms with Crippen molar-refractivity contribution in [3.63, 3.8) is 0 Å². The summed E-state index contributed by atoms with van der Waals surface area (Å²) in [6.45, 7) is 4.96. The van der Waals surface area contributed by atoms with Crippen LogP contribution in [-0.4, -0.2) is 29.4 Å². The van der Waals surface area contributed by atoms with Crippen LogP contribution >= 0.6 is 0 Å². The van der Waals surface area contributed by atoms with Crippen molar-refractivity contribution in [3.8, 4) is 0 Å². The summed E-state index contributed by atoms with van der Waals surface area (Å²) in [6, 6.07) is 0. The van der Waals surface area contributed by atoms with Crippen LogP contribution in [0.2, 0.25) is 0 Å². The standard InChI is InChI=1S/C10H14O5/c1-6(2)10(13)15-8-5-3-4-7(14-8)9(11)12/h7-8H,1,3-5H2,2H3,(H,11,12). The lowest BCUT2D eigenvalue weighted by atomic mass is 10.1. The Labute approximate surface area is 87.7 Å². The summed E-state index contributed by atoms with van der Waals surface area (Å²) < 4.78 is 9.99. The molecule has 1 rings (SSSR count). The summed E-state index contributed by atoms with van der Waals surface area (Å²) in [5, 5.41) is 8.72. The molecule has 0 aromatic carbocycles. The number of esters is 1. The molecule has 15 heavy (non-hydrogen) atoms. The van der Waals surface area contributed by atoms with E-state index in [-0.39, 0.29) is 5.57 Å².